The van der Waals surface area contributed by atoms with Gasteiger partial charge in [0.05, 0.1) is 0 Å². The summed E-state index contributed by atoms with van der Waals surface area (Å²) in [5, 5.41) is 3.08. The van der Waals surface area contributed by atoms with Gasteiger partial charge in [-0.15, -0.1) is 0 Å². The molecule has 104 valence electrons. The summed E-state index contributed by atoms with van der Waals surface area (Å²) in [6.45, 7) is 0. The third kappa shape index (κ3) is 3.83. The number of primary amides is 1. The molecule has 0 aliphatic rings. The molecule has 0 saturated heterocycles. The van der Waals surface area contributed by atoms with Gasteiger partial charge in [0.2, 0.25) is 5.91 Å². The van der Waals surface area contributed by atoms with E-state index in [1.165, 1.54) is 0 Å². The van der Waals surface area contributed by atoms with Gasteiger partial charge < -0.3 is 15.8 Å². The van der Waals surface area contributed by atoms with Gasteiger partial charge in [-0.05, 0) is 36.9 Å². The van der Waals surface area contributed by atoms with Crippen LogP contribution in [0.4, 0.5) is 0 Å². The average molecular weight is 270 g/mol. The summed E-state index contributed by atoms with van der Waals surface area (Å²) in [6.07, 6.45) is 0.273. The fraction of sp³-hybridized carbons (Fsp3) is 0.188. The zero-order chi connectivity index (χ0) is 14.4. The number of carbonyl (C=O) groups is 1. The SMILES string of the molecule is CNC(CC(N)=O)c1ccc(Oc2ccccc2)cc1. The van der Waals surface area contributed by atoms with Gasteiger partial charge in [-0.1, -0.05) is 30.3 Å². The van der Waals surface area contributed by atoms with Crippen molar-refractivity contribution in [3.05, 3.63) is 60.2 Å². The molecular formula is C16H18N2O2. The molecule has 1 amide bonds. The van der Waals surface area contributed by atoms with Crippen LogP contribution in [-0.4, -0.2) is 13.0 Å². The van der Waals surface area contributed by atoms with Gasteiger partial charge in [0, 0.05) is 12.5 Å². The molecule has 20 heavy (non-hydrogen) atoms. The fourth-order valence-electron chi connectivity index (χ4n) is 1.98. The van der Waals surface area contributed by atoms with E-state index in [4.69, 9.17) is 10.5 Å². The van der Waals surface area contributed by atoms with Crippen LogP contribution in [0, 0.1) is 0 Å². The Kier molecular flexibility index (Phi) is 4.74. The molecule has 1 unspecified atom stereocenters. The van der Waals surface area contributed by atoms with Crippen LogP contribution < -0.4 is 15.8 Å². The Bertz CT molecular complexity index is 552. The van der Waals surface area contributed by atoms with E-state index in [9.17, 15) is 4.79 Å². The molecule has 2 aromatic rings. The van der Waals surface area contributed by atoms with Crippen molar-refractivity contribution >= 4 is 5.91 Å². The van der Waals surface area contributed by atoms with Gasteiger partial charge in [-0.2, -0.15) is 0 Å². The highest BCUT2D eigenvalue weighted by Gasteiger charge is 2.12. The van der Waals surface area contributed by atoms with Crippen LogP contribution in [0.5, 0.6) is 11.5 Å². The molecule has 2 rings (SSSR count). The Morgan fingerprint density at radius 1 is 1.10 bits per heavy atom. The maximum absolute atomic E-state index is 11.0. The number of hydrogen-bond acceptors (Lipinski definition) is 3. The minimum Gasteiger partial charge on any atom is -0.457 e. The minimum atomic E-state index is -0.325. The molecule has 3 N–H and O–H groups in total. The first-order valence-electron chi connectivity index (χ1n) is 6.47. The molecule has 2 aromatic carbocycles. The molecular weight excluding hydrogens is 252 g/mol. The van der Waals surface area contributed by atoms with Gasteiger partial charge in [-0.3, -0.25) is 4.79 Å². The zero-order valence-corrected chi connectivity index (χ0v) is 11.4. The predicted octanol–water partition coefficient (Wildman–Crippen LogP) is 2.61. The Morgan fingerprint density at radius 3 is 2.25 bits per heavy atom. The summed E-state index contributed by atoms with van der Waals surface area (Å²) in [4.78, 5) is 11.0. The topological polar surface area (TPSA) is 64.3 Å². The highest BCUT2D eigenvalue weighted by Crippen LogP contribution is 2.24. The second-order valence-electron chi connectivity index (χ2n) is 4.50. The van der Waals surface area contributed by atoms with Crippen LogP contribution in [0.2, 0.25) is 0 Å². The van der Waals surface area contributed by atoms with Crippen LogP contribution in [0.15, 0.2) is 54.6 Å². The molecule has 0 radical (unpaired) electrons. The highest BCUT2D eigenvalue weighted by molar-refractivity contribution is 5.74. The molecule has 0 spiro atoms. The molecule has 4 heteroatoms. The van der Waals surface area contributed by atoms with Crippen LogP contribution in [0.1, 0.15) is 18.0 Å². The molecule has 0 bridgehead atoms. The second-order valence-corrected chi connectivity index (χ2v) is 4.50. The van der Waals surface area contributed by atoms with Crippen molar-refractivity contribution in [1.29, 1.82) is 0 Å². The van der Waals surface area contributed by atoms with E-state index in [2.05, 4.69) is 5.32 Å². The van der Waals surface area contributed by atoms with E-state index in [1.54, 1.807) is 0 Å². The summed E-state index contributed by atoms with van der Waals surface area (Å²) in [6, 6.07) is 17.2. The van der Waals surface area contributed by atoms with Gasteiger partial charge in [0.15, 0.2) is 0 Å². The standard InChI is InChI=1S/C16H18N2O2/c1-18-15(11-16(17)19)12-7-9-14(10-8-12)20-13-5-3-2-4-6-13/h2-10,15,18H,11H2,1H3,(H2,17,19). The number of hydrogen-bond donors (Lipinski definition) is 2. The van der Waals surface area contributed by atoms with Crippen LogP contribution >= 0.6 is 0 Å². The Balaban J connectivity index is 2.07. The summed E-state index contributed by atoms with van der Waals surface area (Å²) in [7, 11) is 1.81. The predicted molar refractivity (Wildman–Crippen MR) is 78.6 cm³/mol. The largest absolute Gasteiger partial charge is 0.457 e. The normalized spacial score (nSPS) is 11.8. The van der Waals surface area contributed by atoms with Gasteiger partial charge in [0.1, 0.15) is 11.5 Å². The van der Waals surface area contributed by atoms with Gasteiger partial charge >= 0.3 is 0 Å². The summed E-state index contributed by atoms with van der Waals surface area (Å²) in [5.41, 5.74) is 6.24. The maximum atomic E-state index is 11.0. The van der Waals surface area contributed by atoms with Gasteiger partial charge in [0.25, 0.3) is 0 Å². The van der Waals surface area contributed by atoms with E-state index in [1.807, 2.05) is 61.6 Å². The van der Waals surface area contributed by atoms with Crippen LogP contribution in [0.25, 0.3) is 0 Å². The van der Waals surface area contributed by atoms with Crippen molar-refractivity contribution in [2.24, 2.45) is 5.73 Å². The summed E-state index contributed by atoms with van der Waals surface area (Å²) < 4.78 is 5.72. The first-order chi connectivity index (χ1) is 9.69. The molecule has 4 nitrogen and oxygen atoms in total. The smallest absolute Gasteiger partial charge is 0.219 e. The van der Waals surface area contributed by atoms with E-state index >= 15 is 0 Å². The molecule has 0 saturated carbocycles. The number of para-hydroxylation sites is 1. The lowest BCUT2D eigenvalue weighted by molar-refractivity contribution is -0.118. The molecule has 1 atom stereocenters. The van der Waals surface area contributed by atoms with Crippen molar-refractivity contribution in [2.75, 3.05) is 7.05 Å². The number of carbonyl (C=O) groups excluding carboxylic acids is 1. The lowest BCUT2D eigenvalue weighted by atomic mass is 10.0. The van der Waals surface area contributed by atoms with E-state index in [0.717, 1.165) is 17.1 Å². The molecule has 0 aromatic heterocycles. The molecule has 0 aliphatic carbocycles. The third-order valence-corrected chi connectivity index (χ3v) is 3.02. The highest BCUT2D eigenvalue weighted by atomic mass is 16.5. The number of benzene rings is 2. The number of amides is 1. The van der Waals surface area contributed by atoms with Crippen LogP contribution in [0.3, 0.4) is 0 Å². The number of ether oxygens (including phenoxy) is 1. The van der Waals surface area contributed by atoms with Crippen LogP contribution in [-0.2, 0) is 4.79 Å². The minimum absolute atomic E-state index is 0.0710. The fourth-order valence-corrected chi connectivity index (χ4v) is 1.98. The molecule has 0 fully saturated rings. The van der Waals surface area contributed by atoms with E-state index < -0.39 is 0 Å². The summed E-state index contributed by atoms with van der Waals surface area (Å²) >= 11 is 0. The van der Waals surface area contributed by atoms with Crippen molar-refractivity contribution in [3.63, 3.8) is 0 Å². The first kappa shape index (κ1) is 14.1. The van der Waals surface area contributed by atoms with Crippen molar-refractivity contribution < 1.29 is 9.53 Å². The Labute approximate surface area is 118 Å². The number of nitrogens with one attached hydrogen (secondary N) is 1. The van der Waals surface area contributed by atoms with Crippen molar-refractivity contribution in [3.8, 4) is 11.5 Å². The lowest BCUT2D eigenvalue weighted by Crippen LogP contribution is -2.23. The summed E-state index contributed by atoms with van der Waals surface area (Å²) in [5.74, 6) is 1.23. The monoisotopic (exact) mass is 270 g/mol. The first-order valence-corrected chi connectivity index (χ1v) is 6.47. The number of nitrogens with two attached hydrogens (primary N) is 1. The Morgan fingerprint density at radius 2 is 1.70 bits per heavy atom. The van der Waals surface area contributed by atoms with Gasteiger partial charge in [-0.25, -0.2) is 0 Å². The van der Waals surface area contributed by atoms with E-state index in [-0.39, 0.29) is 18.4 Å². The lowest BCUT2D eigenvalue weighted by Gasteiger charge is -2.15. The second kappa shape index (κ2) is 6.73. The maximum Gasteiger partial charge on any atom is 0.219 e. The van der Waals surface area contributed by atoms with Crippen molar-refractivity contribution in [2.45, 2.75) is 12.5 Å². The number of rotatable bonds is 6. The third-order valence-electron chi connectivity index (χ3n) is 3.02. The zero-order valence-electron chi connectivity index (χ0n) is 11.4. The Hall–Kier alpha value is -2.33. The molecule has 0 aliphatic heterocycles. The van der Waals surface area contributed by atoms with Crippen molar-refractivity contribution in [1.82, 2.24) is 5.32 Å². The molecule has 0 heterocycles. The van der Waals surface area contributed by atoms with E-state index in [0.29, 0.717) is 0 Å². The average Bonchev–Trinajstić information content (AvgIpc) is 2.46. The quantitative estimate of drug-likeness (QED) is 0.848.